The number of carbonyl (C=O) groups is 2. The number of aliphatic hydroxyl groups excluding tert-OH is 1. The van der Waals surface area contributed by atoms with Gasteiger partial charge in [0.05, 0.1) is 25.9 Å². The first-order valence-corrected chi connectivity index (χ1v) is 10.9. The first kappa shape index (κ1) is 20.8. The van der Waals surface area contributed by atoms with Gasteiger partial charge in [-0.15, -0.1) is 0 Å². The molecule has 0 bridgehead atoms. The number of hydrogen-bond acceptors (Lipinski definition) is 4. The Bertz CT molecular complexity index is 1000. The van der Waals surface area contributed by atoms with Gasteiger partial charge in [-0.3, -0.25) is 9.36 Å². The largest absolute Gasteiger partial charge is 0.395 e. The zero-order chi connectivity index (χ0) is 21.6. The van der Waals surface area contributed by atoms with E-state index in [-0.39, 0.29) is 35.4 Å². The fourth-order valence-electron chi connectivity index (χ4n) is 4.85. The molecule has 3 heterocycles. The van der Waals surface area contributed by atoms with Crippen LogP contribution < -0.4 is 4.48 Å². The number of likely N-dealkylation sites (N-methyl/N-ethyl adjacent to an activating group) is 1. The quantitative estimate of drug-likeness (QED) is 0.742. The van der Waals surface area contributed by atoms with Gasteiger partial charge in [0.25, 0.3) is 5.91 Å². The Morgan fingerprint density at radius 3 is 2.57 bits per heavy atom. The van der Waals surface area contributed by atoms with Crippen molar-refractivity contribution in [1.82, 2.24) is 18.9 Å². The Labute approximate surface area is 177 Å². The van der Waals surface area contributed by atoms with Crippen molar-refractivity contribution < 1.29 is 14.7 Å². The van der Waals surface area contributed by atoms with Crippen LogP contribution in [0.15, 0.2) is 18.3 Å². The number of carbonyl (C=O) groups excluding carboxylic acids is 2. The zero-order valence-corrected chi connectivity index (χ0v) is 18.3. The van der Waals surface area contributed by atoms with Crippen LogP contribution in [0, 0.1) is 6.92 Å². The van der Waals surface area contributed by atoms with Crippen molar-refractivity contribution >= 4 is 17.5 Å². The molecule has 30 heavy (non-hydrogen) atoms. The molecule has 0 unspecified atom stereocenters. The van der Waals surface area contributed by atoms with E-state index in [1.54, 1.807) is 13.2 Å². The smallest absolute Gasteiger partial charge is 0.369 e. The van der Waals surface area contributed by atoms with Gasteiger partial charge >= 0.3 is 5.91 Å². The summed E-state index contributed by atoms with van der Waals surface area (Å²) in [5, 5.41) is 9.22. The number of aliphatic hydroxyl groups is 1. The molecule has 7 nitrogen and oxygen atoms in total. The molecule has 1 spiro atoms. The maximum atomic E-state index is 13.6. The van der Waals surface area contributed by atoms with E-state index in [2.05, 4.69) is 18.8 Å². The van der Waals surface area contributed by atoms with Gasteiger partial charge in [0, 0.05) is 37.6 Å². The topological polar surface area (TPSA) is 75.4 Å². The van der Waals surface area contributed by atoms with Gasteiger partial charge < -0.3 is 10.0 Å². The SMILES string of the molecule is CCC(CC)c1ncc2n1-c1cc(C)c(C(=O)N(C)CCO)cc1[N+]1(CCC1)C2=O. The summed E-state index contributed by atoms with van der Waals surface area (Å²) >= 11 is 0. The summed E-state index contributed by atoms with van der Waals surface area (Å²) in [5.41, 5.74) is 3.99. The molecule has 0 aliphatic carbocycles. The molecule has 2 aromatic rings. The molecular weight excluding hydrogens is 380 g/mol. The molecule has 7 heteroatoms. The minimum atomic E-state index is -0.132. The third-order valence-electron chi connectivity index (χ3n) is 6.86. The van der Waals surface area contributed by atoms with Gasteiger partial charge in [0.15, 0.2) is 11.4 Å². The highest BCUT2D eigenvalue weighted by Crippen LogP contribution is 2.45. The maximum absolute atomic E-state index is 13.6. The summed E-state index contributed by atoms with van der Waals surface area (Å²) in [6.45, 7) is 7.93. The fraction of sp³-hybridized carbons (Fsp3) is 0.522. The third kappa shape index (κ3) is 2.83. The van der Waals surface area contributed by atoms with Crippen molar-refractivity contribution in [1.29, 1.82) is 0 Å². The van der Waals surface area contributed by atoms with Crippen molar-refractivity contribution in [2.24, 2.45) is 0 Å². The monoisotopic (exact) mass is 411 g/mol. The van der Waals surface area contributed by atoms with Crippen LogP contribution in [0.1, 0.15) is 71.3 Å². The second-order valence-electron chi connectivity index (χ2n) is 8.53. The third-order valence-corrected chi connectivity index (χ3v) is 6.86. The van der Waals surface area contributed by atoms with Gasteiger partial charge in [0.2, 0.25) is 0 Å². The molecule has 0 atom stereocenters. The van der Waals surface area contributed by atoms with E-state index < -0.39 is 0 Å². The molecule has 0 radical (unpaired) electrons. The molecule has 2 aliphatic rings. The Morgan fingerprint density at radius 2 is 2.00 bits per heavy atom. The van der Waals surface area contributed by atoms with Gasteiger partial charge in [-0.05, 0) is 31.4 Å². The van der Waals surface area contributed by atoms with Crippen LogP contribution in [0.2, 0.25) is 0 Å². The Kier molecular flexibility index (Phi) is 5.28. The first-order valence-electron chi connectivity index (χ1n) is 10.9. The Balaban J connectivity index is 1.93. The van der Waals surface area contributed by atoms with E-state index >= 15 is 0 Å². The number of rotatable bonds is 6. The summed E-state index contributed by atoms with van der Waals surface area (Å²) in [4.78, 5) is 32.8. The molecule has 4 rings (SSSR count). The lowest BCUT2D eigenvalue weighted by Gasteiger charge is -2.45. The van der Waals surface area contributed by atoms with Crippen molar-refractivity contribution in [3.8, 4) is 5.69 Å². The molecule has 2 amide bonds. The summed E-state index contributed by atoms with van der Waals surface area (Å²) in [6, 6.07) is 3.95. The number of quaternary nitrogens is 1. The number of amides is 2. The second-order valence-corrected chi connectivity index (χ2v) is 8.53. The average molecular weight is 412 g/mol. The minimum Gasteiger partial charge on any atom is -0.395 e. The predicted molar refractivity (Wildman–Crippen MR) is 116 cm³/mol. The lowest BCUT2D eigenvalue weighted by molar-refractivity contribution is 0.0639. The second kappa shape index (κ2) is 7.63. The van der Waals surface area contributed by atoms with Crippen LogP contribution in [0.5, 0.6) is 0 Å². The van der Waals surface area contributed by atoms with E-state index in [1.807, 2.05) is 23.6 Å². The Hall–Kier alpha value is -2.51. The van der Waals surface area contributed by atoms with Crippen LogP contribution in [0.3, 0.4) is 0 Å². The van der Waals surface area contributed by atoms with E-state index in [4.69, 9.17) is 0 Å². The van der Waals surface area contributed by atoms with Gasteiger partial charge in [-0.2, -0.15) is 0 Å². The standard InChI is InChI=1S/C23H31N4O3/c1-5-16(6-2)21-24-14-19-23(30)27(9-7-10-27)20-13-17(22(29)25(4)8-11-28)15(3)12-18(20)26(19)21/h12-14,16,28H,5-11H2,1-4H3/q+1. The van der Waals surface area contributed by atoms with Crippen LogP contribution in [0.4, 0.5) is 5.69 Å². The molecule has 160 valence electrons. The lowest BCUT2D eigenvalue weighted by Crippen LogP contribution is -2.65. The summed E-state index contributed by atoms with van der Waals surface area (Å²) in [5.74, 6) is 1.15. The highest BCUT2D eigenvalue weighted by molar-refractivity contribution is 6.07. The van der Waals surface area contributed by atoms with Crippen molar-refractivity contribution in [2.75, 3.05) is 33.3 Å². The number of aromatic nitrogens is 2. The number of aryl methyl sites for hydroxylation is 1. The van der Waals surface area contributed by atoms with E-state index in [0.717, 1.165) is 55.1 Å². The molecule has 1 aromatic heterocycles. The average Bonchev–Trinajstić information content (AvgIpc) is 3.13. The van der Waals surface area contributed by atoms with Crippen LogP contribution in [-0.4, -0.2) is 64.7 Å². The molecule has 1 fully saturated rings. The van der Waals surface area contributed by atoms with Crippen LogP contribution in [0.25, 0.3) is 5.69 Å². The van der Waals surface area contributed by atoms with E-state index in [9.17, 15) is 14.7 Å². The fourth-order valence-corrected chi connectivity index (χ4v) is 4.85. The van der Waals surface area contributed by atoms with E-state index in [0.29, 0.717) is 11.3 Å². The number of fused-ring (bicyclic) bond motifs is 4. The molecule has 2 aliphatic heterocycles. The molecule has 1 saturated heterocycles. The minimum absolute atomic E-state index is 0.0735. The number of benzene rings is 1. The van der Waals surface area contributed by atoms with E-state index in [1.165, 1.54) is 4.90 Å². The van der Waals surface area contributed by atoms with Crippen molar-refractivity contribution in [3.05, 3.63) is 41.0 Å². The van der Waals surface area contributed by atoms with Crippen molar-refractivity contribution in [2.45, 2.75) is 46.0 Å². The van der Waals surface area contributed by atoms with Gasteiger partial charge in [-0.1, -0.05) is 13.8 Å². The van der Waals surface area contributed by atoms with Gasteiger partial charge in [0.1, 0.15) is 11.5 Å². The molecule has 0 saturated carbocycles. The molecular formula is C23H31N4O3+. The van der Waals surface area contributed by atoms with Crippen LogP contribution in [-0.2, 0) is 0 Å². The first-order chi connectivity index (χ1) is 14.4. The molecule has 1 aromatic carbocycles. The number of imidazole rings is 1. The predicted octanol–water partition coefficient (Wildman–Crippen LogP) is 3.01. The van der Waals surface area contributed by atoms with Gasteiger partial charge in [-0.25, -0.2) is 14.3 Å². The lowest BCUT2D eigenvalue weighted by atomic mass is 9.95. The van der Waals surface area contributed by atoms with Crippen LogP contribution >= 0.6 is 0 Å². The number of nitrogens with zero attached hydrogens (tertiary/aromatic N) is 4. The van der Waals surface area contributed by atoms with Crippen molar-refractivity contribution in [3.63, 3.8) is 0 Å². The highest BCUT2D eigenvalue weighted by atomic mass is 16.3. The zero-order valence-electron chi connectivity index (χ0n) is 18.3. The Morgan fingerprint density at radius 1 is 1.30 bits per heavy atom. The normalized spacial score (nSPS) is 16.4. The highest BCUT2D eigenvalue weighted by Gasteiger charge is 2.53. The maximum Gasteiger partial charge on any atom is 0.369 e. The summed E-state index contributed by atoms with van der Waals surface area (Å²) in [7, 11) is 1.69. The molecule has 1 N–H and O–H groups in total. The summed E-state index contributed by atoms with van der Waals surface area (Å²) < 4.78 is 2.31. The summed E-state index contributed by atoms with van der Waals surface area (Å²) in [6.07, 6.45) is 4.64. The number of hydrogen-bond donors (Lipinski definition) is 1.